The maximum absolute atomic E-state index is 13.8. The number of hydrogen-bond acceptors (Lipinski definition) is 4. The third kappa shape index (κ3) is 4.74. The molecular weight excluding hydrogens is 391 g/mol. The van der Waals surface area contributed by atoms with Gasteiger partial charge in [0.1, 0.15) is 11.6 Å². The first-order valence-electron chi connectivity index (χ1n) is 10.7. The van der Waals surface area contributed by atoms with E-state index in [1.54, 1.807) is 12.3 Å². The van der Waals surface area contributed by atoms with E-state index < -0.39 is 0 Å². The molecule has 0 spiro atoms. The molecule has 4 rings (SSSR count). The van der Waals surface area contributed by atoms with Gasteiger partial charge in [-0.15, -0.1) is 0 Å². The lowest BCUT2D eigenvalue weighted by atomic mass is 9.89. The highest BCUT2D eigenvalue weighted by atomic mass is 19.1. The molecule has 0 aliphatic carbocycles. The Kier molecular flexibility index (Phi) is 6.26. The fourth-order valence-electron chi connectivity index (χ4n) is 4.24. The number of nitrogens with one attached hydrogen (secondary N) is 1. The summed E-state index contributed by atoms with van der Waals surface area (Å²) in [5, 5.41) is 3.28. The van der Waals surface area contributed by atoms with E-state index in [1.807, 2.05) is 48.2 Å². The highest BCUT2D eigenvalue weighted by molar-refractivity contribution is 6.01. The smallest absolute Gasteiger partial charge is 0.254 e. The summed E-state index contributed by atoms with van der Waals surface area (Å²) in [5.74, 6) is 0.606. The summed E-state index contributed by atoms with van der Waals surface area (Å²) in [4.78, 5) is 24.3. The lowest BCUT2D eigenvalue weighted by Gasteiger charge is -2.40. The maximum Gasteiger partial charge on any atom is 0.254 e. The van der Waals surface area contributed by atoms with Gasteiger partial charge in [-0.2, -0.15) is 0 Å². The normalized spacial score (nSPS) is 18.6. The number of nitrogens with zero attached hydrogens (tertiary/aromatic N) is 3. The Morgan fingerprint density at radius 2 is 2.06 bits per heavy atom. The van der Waals surface area contributed by atoms with Gasteiger partial charge in [-0.05, 0) is 56.0 Å². The molecule has 6 heteroatoms. The van der Waals surface area contributed by atoms with Crippen LogP contribution in [-0.4, -0.2) is 39.9 Å². The summed E-state index contributed by atoms with van der Waals surface area (Å²) < 4.78 is 13.2. The third-order valence-corrected chi connectivity index (χ3v) is 5.94. The fourth-order valence-corrected chi connectivity index (χ4v) is 4.24. The van der Waals surface area contributed by atoms with Gasteiger partial charge in [0.05, 0.1) is 17.9 Å². The quantitative estimate of drug-likeness (QED) is 0.637. The molecule has 5 nitrogen and oxygen atoms in total. The average Bonchev–Trinajstić information content (AvgIpc) is 2.79. The number of pyridine rings is 2. The van der Waals surface area contributed by atoms with Crippen molar-refractivity contribution >= 4 is 11.7 Å². The first-order valence-corrected chi connectivity index (χ1v) is 10.7. The Bertz CT molecular complexity index is 1040. The molecule has 31 heavy (non-hydrogen) atoms. The largest absolute Gasteiger partial charge is 0.368 e. The van der Waals surface area contributed by atoms with Crippen LogP contribution in [0.25, 0.3) is 11.3 Å². The lowest BCUT2D eigenvalue weighted by Crippen LogP contribution is -2.51. The number of rotatable bonds is 5. The van der Waals surface area contributed by atoms with Crippen LogP contribution in [-0.2, 0) is 0 Å². The molecule has 1 aliphatic rings. The Hall–Kier alpha value is -3.28. The minimum Gasteiger partial charge on any atom is -0.368 e. The summed E-state index contributed by atoms with van der Waals surface area (Å²) in [6, 6.07) is 14.7. The molecule has 0 bridgehead atoms. The molecule has 1 saturated heterocycles. The molecule has 1 aliphatic heterocycles. The molecule has 0 radical (unpaired) electrons. The molecule has 1 fully saturated rings. The zero-order valence-electron chi connectivity index (χ0n) is 17.9. The van der Waals surface area contributed by atoms with Crippen molar-refractivity contribution in [1.29, 1.82) is 0 Å². The van der Waals surface area contributed by atoms with Crippen LogP contribution in [0.5, 0.6) is 0 Å². The molecule has 1 N–H and O–H groups in total. The van der Waals surface area contributed by atoms with Crippen LogP contribution in [0.1, 0.15) is 35.7 Å². The van der Waals surface area contributed by atoms with Crippen molar-refractivity contribution in [3.63, 3.8) is 0 Å². The lowest BCUT2D eigenvalue weighted by molar-refractivity contribution is 0.0540. The Morgan fingerprint density at radius 3 is 2.81 bits per heavy atom. The standard InChI is InChI=1S/C25H27FN4O/c1-17-8-10-20(22-7-3-4-12-27-22)21(14-17)25(31)30-13-5-6-18(2)23(30)16-29-24-11-9-19(26)15-28-24/h3-4,7-12,14-15,18,23H,5-6,13,16H2,1-2H3,(H,28,29). The molecule has 2 aromatic heterocycles. The van der Waals surface area contributed by atoms with Crippen molar-refractivity contribution < 1.29 is 9.18 Å². The minimum atomic E-state index is -0.366. The number of piperidine rings is 1. The van der Waals surface area contributed by atoms with Crippen LogP contribution in [0.2, 0.25) is 0 Å². The van der Waals surface area contributed by atoms with Crippen LogP contribution >= 0.6 is 0 Å². The second-order valence-electron chi connectivity index (χ2n) is 8.19. The highest BCUT2D eigenvalue weighted by Gasteiger charge is 2.33. The van der Waals surface area contributed by atoms with Gasteiger partial charge in [-0.3, -0.25) is 9.78 Å². The summed E-state index contributed by atoms with van der Waals surface area (Å²) in [6.07, 6.45) is 4.98. The number of carbonyl (C=O) groups excluding carboxylic acids is 1. The third-order valence-electron chi connectivity index (χ3n) is 5.94. The summed E-state index contributed by atoms with van der Waals surface area (Å²) in [5.41, 5.74) is 3.36. The number of aromatic nitrogens is 2. The van der Waals surface area contributed by atoms with Crippen molar-refractivity contribution in [2.24, 2.45) is 5.92 Å². The number of amides is 1. The highest BCUT2D eigenvalue weighted by Crippen LogP contribution is 2.29. The zero-order valence-corrected chi connectivity index (χ0v) is 17.9. The van der Waals surface area contributed by atoms with E-state index in [-0.39, 0.29) is 17.8 Å². The SMILES string of the molecule is Cc1ccc(-c2ccccn2)c(C(=O)N2CCCC(C)C2CNc2ccc(F)cn2)c1. The first-order chi connectivity index (χ1) is 15.0. The number of benzene rings is 1. The molecule has 2 atom stereocenters. The Morgan fingerprint density at radius 1 is 1.19 bits per heavy atom. The number of likely N-dealkylation sites (tertiary alicyclic amines) is 1. The van der Waals surface area contributed by atoms with Gasteiger partial charge in [-0.1, -0.05) is 30.7 Å². The first kappa shape index (κ1) is 21.0. The molecule has 160 valence electrons. The van der Waals surface area contributed by atoms with Crippen molar-refractivity contribution in [2.75, 3.05) is 18.4 Å². The van der Waals surface area contributed by atoms with E-state index >= 15 is 0 Å². The van der Waals surface area contributed by atoms with Crippen molar-refractivity contribution in [3.05, 3.63) is 77.9 Å². The monoisotopic (exact) mass is 418 g/mol. The van der Waals surface area contributed by atoms with Crippen LogP contribution in [0.15, 0.2) is 60.9 Å². The number of halogens is 1. The Labute approximate surface area is 182 Å². The van der Waals surface area contributed by atoms with Crippen molar-refractivity contribution in [1.82, 2.24) is 14.9 Å². The number of carbonyl (C=O) groups is 1. The number of aryl methyl sites for hydroxylation is 1. The molecule has 1 aromatic carbocycles. The van der Waals surface area contributed by atoms with E-state index in [0.29, 0.717) is 30.4 Å². The average molecular weight is 419 g/mol. The van der Waals surface area contributed by atoms with Gasteiger partial charge in [0.15, 0.2) is 0 Å². The van der Waals surface area contributed by atoms with E-state index in [0.717, 1.165) is 29.7 Å². The topological polar surface area (TPSA) is 58.1 Å². The van der Waals surface area contributed by atoms with E-state index in [1.165, 1.54) is 12.3 Å². The van der Waals surface area contributed by atoms with Gasteiger partial charge in [0, 0.05) is 30.4 Å². The van der Waals surface area contributed by atoms with Gasteiger partial charge < -0.3 is 10.2 Å². The summed E-state index contributed by atoms with van der Waals surface area (Å²) in [7, 11) is 0. The molecular formula is C25H27FN4O. The Balaban J connectivity index is 1.61. The molecule has 3 aromatic rings. The maximum atomic E-state index is 13.8. The van der Waals surface area contributed by atoms with Crippen molar-refractivity contribution in [3.8, 4) is 11.3 Å². The second-order valence-corrected chi connectivity index (χ2v) is 8.19. The summed E-state index contributed by atoms with van der Waals surface area (Å²) >= 11 is 0. The number of anilines is 1. The van der Waals surface area contributed by atoms with E-state index in [4.69, 9.17) is 0 Å². The molecule has 1 amide bonds. The van der Waals surface area contributed by atoms with Gasteiger partial charge >= 0.3 is 0 Å². The predicted octanol–water partition coefficient (Wildman–Crippen LogP) is 4.94. The number of hydrogen-bond donors (Lipinski definition) is 1. The van der Waals surface area contributed by atoms with Gasteiger partial charge in [0.2, 0.25) is 0 Å². The second kappa shape index (κ2) is 9.25. The molecule has 0 saturated carbocycles. The van der Waals surface area contributed by atoms with E-state index in [2.05, 4.69) is 22.2 Å². The van der Waals surface area contributed by atoms with E-state index in [9.17, 15) is 9.18 Å². The van der Waals surface area contributed by atoms with Crippen LogP contribution in [0, 0.1) is 18.7 Å². The zero-order chi connectivity index (χ0) is 21.8. The fraction of sp³-hybridized carbons (Fsp3) is 0.320. The van der Waals surface area contributed by atoms with Gasteiger partial charge in [0.25, 0.3) is 5.91 Å². The minimum absolute atomic E-state index is 0.0187. The van der Waals surface area contributed by atoms with Gasteiger partial charge in [-0.25, -0.2) is 9.37 Å². The van der Waals surface area contributed by atoms with Crippen LogP contribution in [0.4, 0.5) is 10.2 Å². The molecule has 3 heterocycles. The van der Waals surface area contributed by atoms with Crippen LogP contribution < -0.4 is 5.32 Å². The van der Waals surface area contributed by atoms with Crippen LogP contribution in [0.3, 0.4) is 0 Å². The van der Waals surface area contributed by atoms with Crippen molar-refractivity contribution in [2.45, 2.75) is 32.7 Å². The predicted molar refractivity (Wildman–Crippen MR) is 120 cm³/mol. The summed E-state index contributed by atoms with van der Waals surface area (Å²) in [6.45, 7) is 5.45. The molecule has 2 unspecified atom stereocenters.